The average molecular weight is 361 g/mol. The molecule has 2 aromatic carbocycles. The number of nitrogens with zero attached hydrogens (tertiary/aromatic N) is 2. The van der Waals surface area contributed by atoms with Crippen LogP contribution in [0.3, 0.4) is 0 Å². The lowest BCUT2D eigenvalue weighted by Gasteiger charge is -2.15. The van der Waals surface area contributed by atoms with Crippen molar-refractivity contribution in [3.63, 3.8) is 0 Å². The molecule has 1 amide bonds. The molecular weight excluding hydrogens is 334 g/mol. The topological polar surface area (TPSA) is 37.3 Å². The number of para-hydroxylation sites is 1. The molecule has 1 aliphatic heterocycles. The first-order valence-electron chi connectivity index (χ1n) is 9.90. The minimum Gasteiger partial charge on any atom is -0.343 e. The van der Waals surface area contributed by atoms with Gasteiger partial charge in [-0.1, -0.05) is 48.5 Å². The van der Waals surface area contributed by atoms with Gasteiger partial charge in [0.25, 0.3) is 0 Å². The Morgan fingerprint density at radius 2 is 1.81 bits per heavy atom. The molecule has 3 aromatic rings. The van der Waals surface area contributed by atoms with E-state index >= 15 is 0 Å². The molecule has 0 atom stereocenters. The van der Waals surface area contributed by atoms with Crippen molar-refractivity contribution < 1.29 is 4.79 Å². The molecule has 0 aliphatic carbocycles. The molecule has 1 aliphatic rings. The number of amides is 1. The van der Waals surface area contributed by atoms with Crippen molar-refractivity contribution in [2.45, 2.75) is 32.4 Å². The van der Waals surface area contributed by atoms with Crippen molar-refractivity contribution in [2.24, 2.45) is 0 Å². The van der Waals surface area contributed by atoms with Gasteiger partial charge in [-0.05, 0) is 36.6 Å². The van der Waals surface area contributed by atoms with E-state index in [1.807, 2.05) is 4.90 Å². The Balaban J connectivity index is 1.37. The van der Waals surface area contributed by atoms with Gasteiger partial charge in [0.15, 0.2) is 0 Å². The third-order valence-electron chi connectivity index (χ3n) is 5.34. The molecule has 0 saturated carbocycles. The van der Waals surface area contributed by atoms with Crippen molar-refractivity contribution >= 4 is 16.8 Å². The van der Waals surface area contributed by atoms with Gasteiger partial charge in [0, 0.05) is 49.7 Å². The average Bonchev–Trinajstić information content (AvgIpc) is 3.26. The Hall–Kier alpha value is -2.59. The minimum atomic E-state index is 0.319. The smallest absolute Gasteiger partial charge is 0.222 e. The molecule has 1 N–H and O–H groups in total. The first-order valence-corrected chi connectivity index (χ1v) is 9.90. The van der Waals surface area contributed by atoms with Crippen molar-refractivity contribution in [2.75, 3.05) is 19.6 Å². The lowest BCUT2D eigenvalue weighted by Crippen LogP contribution is -2.28. The quantitative estimate of drug-likeness (QED) is 0.620. The van der Waals surface area contributed by atoms with Crippen molar-refractivity contribution in [1.82, 2.24) is 14.8 Å². The van der Waals surface area contributed by atoms with Crippen molar-refractivity contribution in [3.8, 4) is 0 Å². The number of benzene rings is 2. The summed E-state index contributed by atoms with van der Waals surface area (Å²) in [4.78, 5) is 13.7. The van der Waals surface area contributed by atoms with Gasteiger partial charge in [-0.2, -0.15) is 0 Å². The van der Waals surface area contributed by atoms with Gasteiger partial charge in [-0.3, -0.25) is 4.79 Å². The maximum Gasteiger partial charge on any atom is 0.222 e. The number of aromatic nitrogens is 1. The zero-order valence-electron chi connectivity index (χ0n) is 15.7. The van der Waals surface area contributed by atoms with Crippen LogP contribution >= 0.6 is 0 Å². The molecule has 0 spiro atoms. The van der Waals surface area contributed by atoms with Crippen LogP contribution in [0.2, 0.25) is 0 Å². The van der Waals surface area contributed by atoms with E-state index < -0.39 is 0 Å². The summed E-state index contributed by atoms with van der Waals surface area (Å²) in [6.07, 6.45) is 5.03. The highest BCUT2D eigenvalue weighted by molar-refractivity contribution is 5.84. The Bertz CT molecular complexity index is 900. The monoisotopic (exact) mass is 361 g/mol. The van der Waals surface area contributed by atoms with Gasteiger partial charge in [-0.15, -0.1) is 0 Å². The predicted molar refractivity (Wildman–Crippen MR) is 110 cm³/mol. The third-order valence-corrected chi connectivity index (χ3v) is 5.34. The van der Waals surface area contributed by atoms with Gasteiger partial charge >= 0.3 is 0 Å². The standard InChI is InChI=1S/C23H27N3O/c27-23-12-6-14-25(23)15-7-13-24-16-20-18-26(17-19-8-2-1-3-9-19)22-11-5-4-10-21(20)22/h1-5,8-11,18,24H,6-7,12-17H2. The number of nitrogens with one attached hydrogen (secondary N) is 1. The fourth-order valence-corrected chi connectivity index (χ4v) is 3.93. The third kappa shape index (κ3) is 4.22. The number of hydrogen-bond acceptors (Lipinski definition) is 2. The van der Waals surface area contributed by atoms with E-state index in [2.05, 4.69) is 70.7 Å². The van der Waals surface area contributed by atoms with Crippen LogP contribution in [0, 0.1) is 0 Å². The van der Waals surface area contributed by atoms with Crippen LogP contribution in [0.5, 0.6) is 0 Å². The zero-order chi connectivity index (χ0) is 18.5. The Labute approximate surface area is 160 Å². The van der Waals surface area contributed by atoms with E-state index in [4.69, 9.17) is 0 Å². The van der Waals surface area contributed by atoms with Crippen molar-refractivity contribution in [3.05, 3.63) is 71.9 Å². The van der Waals surface area contributed by atoms with Crippen LogP contribution in [-0.4, -0.2) is 35.0 Å². The second-order valence-corrected chi connectivity index (χ2v) is 7.30. The van der Waals surface area contributed by atoms with E-state index in [1.54, 1.807) is 0 Å². The fourth-order valence-electron chi connectivity index (χ4n) is 3.93. The number of rotatable bonds is 8. The van der Waals surface area contributed by atoms with E-state index in [-0.39, 0.29) is 0 Å². The second kappa shape index (κ2) is 8.40. The normalized spacial score (nSPS) is 14.4. The lowest BCUT2D eigenvalue weighted by molar-refractivity contribution is -0.127. The molecule has 0 unspecified atom stereocenters. The number of carbonyl (C=O) groups excluding carboxylic acids is 1. The first-order chi connectivity index (χ1) is 13.3. The molecule has 0 bridgehead atoms. The lowest BCUT2D eigenvalue weighted by atomic mass is 10.2. The van der Waals surface area contributed by atoms with E-state index in [0.29, 0.717) is 5.91 Å². The molecule has 4 nitrogen and oxygen atoms in total. The van der Waals surface area contributed by atoms with Gasteiger partial charge in [0.1, 0.15) is 0 Å². The first kappa shape index (κ1) is 17.8. The summed E-state index contributed by atoms with van der Waals surface area (Å²) in [6.45, 7) is 4.49. The maximum absolute atomic E-state index is 11.7. The summed E-state index contributed by atoms with van der Waals surface area (Å²) in [6, 6.07) is 19.2. The highest BCUT2D eigenvalue weighted by Crippen LogP contribution is 2.22. The highest BCUT2D eigenvalue weighted by atomic mass is 16.2. The number of fused-ring (bicyclic) bond motifs is 1. The summed E-state index contributed by atoms with van der Waals surface area (Å²) in [5, 5.41) is 4.87. The molecule has 1 fully saturated rings. The largest absolute Gasteiger partial charge is 0.343 e. The zero-order valence-corrected chi connectivity index (χ0v) is 15.7. The molecule has 0 radical (unpaired) electrons. The molecule has 4 rings (SSSR count). The Morgan fingerprint density at radius 3 is 2.63 bits per heavy atom. The van der Waals surface area contributed by atoms with Gasteiger partial charge in [0.2, 0.25) is 5.91 Å². The van der Waals surface area contributed by atoms with Crippen LogP contribution in [-0.2, 0) is 17.9 Å². The fraction of sp³-hybridized carbons (Fsp3) is 0.348. The van der Waals surface area contributed by atoms with Gasteiger partial charge in [-0.25, -0.2) is 0 Å². The molecule has 27 heavy (non-hydrogen) atoms. The minimum absolute atomic E-state index is 0.319. The summed E-state index contributed by atoms with van der Waals surface area (Å²) < 4.78 is 2.34. The van der Waals surface area contributed by atoms with Crippen LogP contribution in [0.1, 0.15) is 30.4 Å². The van der Waals surface area contributed by atoms with Gasteiger partial charge in [0.05, 0.1) is 0 Å². The van der Waals surface area contributed by atoms with Crippen molar-refractivity contribution in [1.29, 1.82) is 0 Å². The molecule has 4 heteroatoms. The van der Waals surface area contributed by atoms with E-state index in [0.717, 1.165) is 52.0 Å². The van der Waals surface area contributed by atoms with Crippen LogP contribution in [0.25, 0.3) is 10.9 Å². The Morgan fingerprint density at radius 1 is 1.00 bits per heavy atom. The van der Waals surface area contributed by atoms with Gasteiger partial charge < -0.3 is 14.8 Å². The summed E-state index contributed by atoms with van der Waals surface area (Å²) in [5.74, 6) is 0.319. The number of carbonyl (C=O) groups is 1. The molecule has 2 heterocycles. The highest BCUT2D eigenvalue weighted by Gasteiger charge is 2.18. The predicted octanol–water partition coefficient (Wildman–Crippen LogP) is 3.79. The summed E-state index contributed by atoms with van der Waals surface area (Å²) in [5.41, 5.74) is 3.92. The number of likely N-dealkylation sites (tertiary alicyclic amines) is 1. The Kier molecular flexibility index (Phi) is 5.54. The SMILES string of the molecule is O=C1CCCN1CCCNCc1cn(Cc2ccccc2)c2ccccc12. The second-order valence-electron chi connectivity index (χ2n) is 7.30. The molecule has 1 aromatic heterocycles. The molecule has 140 valence electrons. The van der Waals surface area contributed by atoms with Crippen LogP contribution in [0.15, 0.2) is 60.8 Å². The summed E-state index contributed by atoms with van der Waals surface area (Å²) in [7, 11) is 0. The van der Waals surface area contributed by atoms with E-state index in [1.165, 1.54) is 22.0 Å². The number of hydrogen-bond donors (Lipinski definition) is 1. The summed E-state index contributed by atoms with van der Waals surface area (Å²) >= 11 is 0. The van der Waals surface area contributed by atoms with Crippen LogP contribution < -0.4 is 5.32 Å². The molecule has 1 saturated heterocycles. The maximum atomic E-state index is 11.7. The van der Waals surface area contributed by atoms with E-state index in [9.17, 15) is 4.79 Å². The van der Waals surface area contributed by atoms with Crippen LogP contribution in [0.4, 0.5) is 0 Å². The molecular formula is C23H27N3O.